The summed E-state index contributed by atoms with van der Waals surface area (Å²) in [6.45, 7) is -0.162. The van der Waals surface area contributed by atoms with Crippen LogP contribution in [0.15, 0.2) is 36.4 Å². The van der Waals surface area contributed by atoms with Crippen molar-refractivity contribution in [2.45, 2.75) is 32.0 Å². The summed E-state index contributed by atoms with van der Waals surface area (Å²) in [4.78, 5) is 0. The number of fused-ring (bicyclic) bond motifs is 1. The van der Waals surface area contributed by atoms with Crippen LogP contribution in [-0.4, -0.2) is 5.11 Å². The molecule has 0 amide bonds. The number of ether oxygens (including phenoxy) is 1. The highest BCUT2D eigenvalue weighted by atomic mass is 19.1. The molecule has 110 valence electrons. The summed E-state index contributed by atoms with van der Waals surface area (Å²) in [5.41, 5.74) is 1.72. The molecule has 4 heteroatoms. The summed E-state index contributed by atoms with van der Waals surface area (Å²) < 4.78 is 32.8. The van der Waals surface area contributed by atoms with Crippen LogP contribution in [0.5, 0.6) is 5.75 Å². The van der Waals surface area contributed by atoms with Gasteiger partial charge in [-0.25, -0.2) is 8.78 Å². The molecule has 0 aromatic heterocycles. The van der Waals surface area contributed by atoms with E-state index in [4.69, 9.17) is 4.74 Å². The average Bonchev–Trinajstić information content (AvgIpc) is 2.47. The summed E-state index contributed by atoms with van der Waals surface area (Å²) in [7, 11) is 0. The Balaban J connectivity index is 1.85. The molecule has 2 aromatic rings. The number of hydrogen-bond donors (Lipinski definition) is 1. The second-order valence-electron chi connectivity index (χ2n) is 5.22. The van der Waals surface area contributed by atoms with Gasteiger partial charge in [0.05, 0.1) is 11.7 Å². The zero-order valence-electron chi connectivity index (χ0n) is 11.5. The Hall–Kier alpha value is -1.94. The molecule has 21 heavy (non-hydrogen) atoms. The van der Waals surface area contributed by atoms with Crippen LogP contribution in [0.25, 0.3) is 0 Å². The quantitative estimate of drug-likeness (QED) is 0.928. The van der Waals surface area contributed by atoms with Crippen molar-refractivity contribution in [3.05, 3.63) is 64.7 Å². The van der Waals surface area contributed by atoms with Gasteiger partial charge in [-0.2, -0.15) is 0 Å². The molecule has 2 nitrogen and oxygen atoms in total. The molecule has 0 spiro atoms. The summed E-state index contributed by atoms with van der Waals surface area (Å²) in [6, 6.07) is 9.19. The number of halogens is 2. The average molecular weight is 290 g/mol. The minimum atomic E-state index is -0.611. The number of aliphatic hydroxyl groups is 1. The van der Waals surface area contributed by atoms with Crippen LogP contribution < -0.4 is 4.74 Å². The van der Waals surface area contributed by atoms with E-state index < -0.39 is 17.7 Å². The van der Waals surface area contributed by atoms with Gasteiger partial charge < -0.3 is 9.84 Å². The van der Waals surface area contributed by atoms with E-state index in [0.29, 0.717) is 5.75 Å². The predicted molar refractivity (Wildman–Crippen MR) is 75.0 cm³/mol. The zero-order valence-corrected chi connectivity index (χ0v) is 11.5. The Kier molecular flexibility index (Phi) is 3.88. The maximum atomic E-state index is 13.6. The van der Waals surface area contributed by atoms with Gasteiger partial charge in [0.1, 0.15) is 24.0 Å². The lowest BCUT2D eigenvalue weighted by atomic mass is 9.89. The first-order chi connectivity index (χ1) is 10.2. The molecule has 0 heterocycles. The van der Waals surface area contributed by atoms with E-state index in [1.807, 2.05) is 6.07 Å². The molecule has 0 bridgehead atoms. The van der Waals surface area contributed by atoms with E-state index in [2.05, 4.69) is 0 Å². The molecule has 3 rings (SSSR count). The van der Waals surface area contributed by atoms with Gasteiger partial charge in [-0.3, -0.25) is 0 Å². The molecule has 0 aliphatic heterocycles. The third-order valence-corrected chi connectivity index (χ3v) is 3.87. The molecule has 1 unspecified atom stereocenters. The highest BCUT2D eigenvalue weighted by Gasteiger charge is 2.21. The van der Waals surface area contributed by atoms with Crippen molar-refractivity contribution in [2.24, 2.45) is 0 Å². The number of aliphatic hydroxyl groups excluding tert-OH is 1. The highest BCUT2D eigenvalue weighted by Crippen LogP contribution is 2.35. The Morgan fingerprint density at radius 1 is 1.10 bits per heavy atom. The van der Waals surface area contributed by atoms with E-state index in [1.54, 1.807) is 12.1 Å². The molecule has 1 aliphatic rings. The first-order valence-electron chi connectivity index (χ1n) is 7.02. The zero-order chi connectivity index (χ0) is 14.8. The minimum Gasteiger partial charge on any atom is -0.488 e. The van der Waals surface area contributed by atoms with Crippen molar-refractivity contribution in [1.29, 1.82) is 0 Å². The Morgan fingerprint density at radius 3 is 2.57 bits per heavy atom. The van der Waals surface area contributed by atoms with Gasteiger partial charge in [-0.1, -0.05) is 18.2 Å². The Bertz CT molecular complexity index is 635. The molecule has 0 saturated carbocycles. The van der Waals surface area contributed by atoms with Gasteiger partial charge in [-0.05, 0) is 48.6 Å². The molecule has 1 atom stereocenters. The molecule has 1 N–H and O–H groups in total. The summed E-state index contributed by atoms with van der Waals surface area (Å²) in [5.74, 6) is -0.631. The van der Waals surface area contributed by atoms with Crippen LogP contribution >= 0.6 is 0 Å². The van der Waals surface area contributed by atoms with Gasteiger partial charge in [-0.15, -0.1) is 0 Å². The maximum absolute atomic E-state index is 13.6. The van der Waals surface area contributed by atoms with Crippen molar-refractivity contribution in [2.75, 3.05) is 0 Å². The highest BCUT2D eigenvalue weighted by molar-refractivity contribution is 5.43. The van der Waals surface area contributed by atoms with Crippen molar-refractivity contribution < 1.29 is 18.6 Å². The van der Waals surface area contributed by atoms with Crippen molar-refractivity contribution in [3.63, 3.8) is 0 Å². The number of rotatable bonds is 3. The van der Waals surface area contributed by atoms with E-state index in [-0.39, 0.29) is 12.2 Å². The lowest BCUT2D eigenvalue weighted by molar-refractivity contribution is 0.155. The van der Waals surface area contributed by atoms with E-state index in [1.165, 1.54) is 18.2 Å². The fourth-order valence-electron chi connectivity index (χ4n) is 2.75. The lowest BCUT2D eigenvalue weighted by Crippen LogP contribution is -2.11. The minimum absolute atomic E-state index is 0.0774. The van der Waals surface area contributed by atoms with Gasteiger partial charge in [0.2, 0.25) is 0 Å². The Labute approximate surface area is 122 Å². The van der Waals surface area contributed by atoms with Crippen molar-refractivity contribution >= 4 is 0 Å². The van der Waals surface area contributed by atoms with Crippen molar-refractivity contribution in [3.8, 4) is 5.75 Å². The van der Waals surface area contributed by atoms with Gasteiger partial charge in [0.25, 0.3) is 0 Å². The lowest BCUT2D eigenvalue weighted by Gasteiger charge is -2.23. The smallest absolute Gasteiger partial charge is 0.132 e. The molecule has 0 radical (unpaired) electrons. The predicted octanol–water partition coefficient (Wildman–Crippen LogP) is 3.91. The number of hydrogen-bond acceptors (Lipinski definition) is 2. The molecular weight excluding hydrogens is 274 g/mol. The van der Waals surface area contributed by atoms with E-state index in [0.717, 1.165) is 30.4 Å². The summed E-state index contributed by atoms with van der Waals surface area (Å²) >= 11 is 0. The summed E-state index contributed by atoms with van der Waals surface area (Å²) in [5, 5.41) is 9.98. The monoisotopic (exact) mass is 290 g/mol. The van der Waals surface area contributed by atoms with Crippen LogP contribution in [0.4, 0.5) is 8.78 Å². The van der Waals surface area contributed by atoms with Gasteiger partial charge in [0.15, 0.2) is 0 Å². The second-order valence-corrected chi connectivity index (χ2v) is 5.22. The molecule has 2 aromatic carbocycles. The largest absolute Gasteiger partial charge is 0.488 e. The van der Waals surface area contributed by atoms with Crippen molar-refractivity contribution in [1.82, 2.24) is 0 Å². The van der Waals surface area contributed by atoms with Crippen LogP contribution in [-0.2, 0) is 13.0 Å². The van der Waals surface area contributed by atoms with Crippen LogP contribution in [0.1, 0.15) is 35.6 Å². The summed E-state index contributed by atoms with van der Waals surface area (Å²) in [6.07, 6.45) is 1.94. The molecule has 0 saturated heterocycles. The van der Waals surface area contributed by atoms with Gasteiger partial charge >= 0.3 is 0 Å². The van der Waals surface area contributed by atoms with E-state index >= 15 is 0 Å². The number of benzene rings is 2. The van der Waals surface area contributed by atoms with Crippen LogP contribution in [0, 0.1) is 11.6 Å². The SMILES string of the molecule is OC1CCCc2c(OCc3c(F)cccc3F)cccc21. The fourth-order valence-corrected chi connectivity index (χ4v) is 2.75. The van der Waals surface area contributed by atoms with E-state index in [9.17, 15) is 13.9 Å². The maximum Gasteiger partial charge on any atom is 0.132 e. The van der Waals surface area contributed by atoms with Gasteiger partial charge in [0, 0.05) is 0 Å². The molecule has 0 fully saturated rings. The first-order valence-corrected chi connectivity index (χ1v) is 7.02. The third-order valence-electron chi connectivity index (χ3n) is 3.87. The van der Waals surface area contributed by atoms with Crippen LogP contribution in [0.2, 0.25) is 0 Å². The second kappa shape index (κ2) is 5.82. The Morgan fingerprint density at radius 2 is 1.81 bits per heavy atom. The molecular formula is C17H16F2O2. The standard InChI is InChI=1S/C17H16F2O2/c18-14-6-3-7-15(19)13(14)10-21-17-9-2-4-11-12(17)5-1-8-16(11)20/h2-4,6-7,9,16,20H,1,5,8,10H2. The van der Waals surface area contributed by atoms with Crippen LogP contribution in [0.3, 0.4) is 0 Å². The molecule has 1 aliphatic carbocycles. The topological polar surface area (TPSA) is 29.5 Å². The normalized spacial score (nSPS) is 17.4. The third kappa shape index (κ3) is 2.76. The first kappa shape index (κ1) is 14.0. The fraction of sp³-hybridized carbons (Fsp3) is 0.294.